The van der Waals surface area contributed by atoms with E-state index in [9.17, 15) is 0 Å². The van der Waals surface area contributed by atoms with Gasteiger partial charge in [0.05, 0.1) is 11.8 Å². The van der Waals surface area contributed by atoms with Gasteiger partial charge in [-0.05, 0) is 39.7 Å². The van der Waals surface area contributed by atoms with Gasteiger partial charge in [-0.1, -0.05) is 31.6 Å². The minimum Gasteiger partial charge on any atom is -0.372 e. The lowest BCUT2D eigenvalue weighted by Crippen LogP contribution is -2.19. The predicted octanol–water partition coefficient (Wildman–Crippen LogP) is 4.17. The monoisotopic (exact) mass is 237 g/mol. The Kier molecular flexibility index (Phi) is 9.74. The Hall–Kier alpha value is -0.890. The molecule has 0 aliphatic rings. The summed E-state index contributed by atoms with van der Waals surface area (Å²) in [5.41, 5.74) is 2.31. The first-order chi connectivity index (χ1) is 8.15. The van der Waals surface area contributed by atoms with Crippen molar-refractivity contribution in [1.82, 2.24) is 0 Å². The first-order valence-corrected chi connectivity index (χ1v) is 6.66. The molecule has 0 bridgehead atoms. The fourth-order valence-corrected chi connectivity index (χ4v) is 1.49. The van der Waals surface area contributed by atoms with Crippen molar-refractivity contribution in [2.75, 3.05) is 13.2 Å². The lowest BCUT2D eigenvalue weighted by Gasteiger charge is -2.12. The summed E-state index contributed by atoms with van der Waals surface area (Å²) in [7, 11) is 0. The molecule has 0 radical (unpaired) electrons. The lowest BCUT2D eigenvalue weighted by molar-refractivity contribution is 0.111. The Morgan fingerprint density at radius 2 is 1.94 bits per heavy atom. The van der Waals surface area contributed by atoms with Crippen molar-refractivity contribution >= 4 is 5.71 Å². The Labute approximate surface area is 106 Å². The van der Waals surface area contributed by atoms with Crippen LogP contribution >= 0.6 is 0 Å². The van der Waals surface area contributed by atoms with Crippen LogP contribution in [0, 0.1) is 0 Å². The van der Waals surface area contributed by atoms with E-state index in [1.54, 1.807) is 0 Å². The van der Waals surface area contributed by atoms with Crippen LogP contribution in [0.5, 0.6) is 0 Å². The van der Waals surface area contributed by atoms with E-state index in [1.165, 1.54) is 5.57 Å². The molecule has 0 fully saturated rings. The molecule has 0 unspecified atom stereocenters. The lowest BCUT2D eigenvalue weighted by atomic mass is 10.1. The average molecular weight is 237 g/mol. The average Bonchev–Trinajstić information content (AvgIpc) is 2.31. The van der Waals surface area contributed by atoms with E-state index in [0.29, 0.717) is 0 Å². The summed E-state index contributed by atoms with van der Waals surface area (Å²) in [6, 6.07) is 0. The number of hydrogen-bond donors (Lipinski definition) is 0. The second-order valence-corrected chi connectivity index (χ2v) is 4.10. The van der Waals surface area contributed by atoms with Gasteiger partial charge in [-0.2, -0.15) is 0 Å². The van der Waals surface area contributed by atoms with E-state index >= 15 is 0 Å². The molecule has 17 heavy (non-hydrogen) atoms. The second kappa shape index (κ2) is 10.3. The van der Waals surface area contributed by atoms with Crippen molar-refractivity contribution in [3.8, 4) is 0 Å². The van der Waals surface area contributed by atoms with Gasteiger partial charge in [-0.3, -0.25) is 4.99 Å². The smallest absolute Gasteiger partial charge is 0.0962 e. The quantitative estimate of drug-likeness (QED) is 0.458. The standard InChI is InChI=1S/C15H27NO/c1-6-9-13(4)10-11-15(16-8-3)14(5)17-12-7-2/h9-11,14H,6-8,12H2,1-5H3/b11-10-,13-9+,16-15?/t14-/m0/s1. The van der Waals surface area contributed by atoms with Crippen LogP contribution in [0.3, 0.4) is 0 Å². The van der Waals surface area contributed by atoms with Crippen LogP contribution in [-0.2, 0) is 4.74 Å². The maximum atomic E-state index is 5.70. The minimum absolute atomic E-state index is 0.0839. The van der Waals surface area contributed by atoms with Crippen LogP contribution in [0.1, 0.15) is 47.5 Å². The molecule has 0 rings (SSSR count). The molecule has 0 aliphatic heterocycles. The molecule has 0 aromatic carbocycles. The third-order valence-electron chi connectivity index (χ3n) is 2.37. The molecular weight excluding hydrogens is 210 g/mol. The highest BCUT2D eigenvalue weighted by Crippen LogP contribution is 2.03. The van der Waals surface area contributed by atoms with Crippen LogP contribution in [0.4, 0.5) is 0 Å². The van der Waals surface area contributed by atoms with Crippen LogP contribution in [-0.4, -0.2) is 25.0 Å². The van der Waals surface area contributed by atoms with E-state index in [0.717, 1.165) is 31.7 Å². The van der Waals surface area contributed by atoms with Gasteiger partial charge in [0.15, 0.2) is 0 Å². The van der Waals surface area contributed by atoms with E-state index in [4.69, 9.17) is 4.74 Å². The Morgan fingerprint density at radius 3 is 2.47 bits per heavy atom. The van der Waals surface area contributed by atoms with Crippen molar-refractivity contribution in [2.45, 2.75) is 53.6 Å². The molecule has 0 saturated heterocycles. The van der Waals surface area contributed by atoms with Gasteiger partial charge < -0.3 is 4.74 Å². The summed E-state index contributed by atoms with van der Waals surface area (Å²) in [5, 5.41) is 0. The Balaban J connectivity index is 4.53. The van der Waals surface area contributed by atoms with Gasteiger partial charge in [-0.25, -0.2) is 0 Å². The molecule has 0 spiro atoms. The Bertz CT molecular complexity index is 277. The van der Waals surface area contributed by atoms with Crippen molar-refractivity contribution < 1.29 is 4.74 Å². The number of ether oxygens (including phenoxy) is 1. The van der Waals surface area contributed by atoms with E-state index in [2.05, 4.69) is 57.8 Å². The molecule has 2 heteroatoms. The van der Waals surface area contributed by atoms with Crippen molar-refractivity contribution in [3.63, 3.8) is 0 Å². The summed E-state index contributed by atoms with van der Waals surface area (Å²) in [4.78, 5) is 4.49. The number of aliphatic imine (C=N–C) groups is 1. The number of hydrogen-bond acceptors (Lipinski definition) is 2. The van der Waals surface area contributed by atoms with Gasteiger partial charge in [0, 0.05) is 13.2 Å². The molecule has 0 aromatic heterocycles. The van der Waals surface area contributed by atoms with Crippen molar-refractivity contribution in [2.24, 2.45) is 4.99 Å². The molecule has 1 atom stereocenters. The molecule has 0 heterocycles. The molecule has 0 aromatic rings. The van der Waals surface area contributed by atoms with Crippen molar-refractivity contribution in [3.05, 3.63) is 23.8 Å². The predicted molar refractivity (Wildman–Crippen MR) is 76.9 cm³/mol. The molecule has 0 saturated carbocycles. The first kappa shape index (κ1) is 16.1. The first-order valence-electron chi connectivity index (χ1n) is 6.66. The van der Waals surface area contributed by atoms with Gasteiger partial charge >= 0.3 is 0 Å². The zero-order chi connectivity index (χ0) is 13.1. The number of nitrogens with zero attached hydrogens (tertiary/aromatic N) is 1. The second-order valence-electron chi connectivity index (χ2n) is 4.10. The van der Waals surface area contributed by atoms with Crippen LogP contribution < -0.4 is 0 Å². The largest absolute Gasteiger partial charge is 0.372 e. The van der Waals surface area contributed by atoms with Gasteiger partial charge in [0.25, 0.3) is 0 Å². The minimum atomic E-state index is 0.0839. The summed E-state index contributed by atoms with van der Waals surface area (Å²) < 4.78 is 5.70. The molecular formula is C15H27NO. The van der Waals surface area contributed by atoms with E-state index in [-0.39, 0.29) is 6.10 Å². The highest BCUT2D eigenvalue weighted by molar-refractivity contribution is 5.98. The third kappa shape index (κ3) is 7.92. The van der Waals surface area contributed by atoms with Crippen LogP contribution in [0.25, 0.3) is 0 Å². The van der Waals surface area contributed by atoms with E-state index < -0.39 is 0 Å². The highest BCUT2D eigenvalue weighted by Gasteiger charge is 2.06. The summed E-state index contributed by atoms with van der Waals surface area (Å²) >= 11 is 0. The SMILES string of the molecule is CC/C=C(C)/C=C\C(=NCC)[C@H](C)OCCC. The third-order valence-corrected chi connectivity index (χ3v) is 2.37. The zero-order valence-corrected chi connectivity index (χ0v) is 12.0. The van der Waals surface area contributed by atoms with Gasteiger partial charge in [-0.15, -0.1) is 0 Å². The highest BCUT2D eigenvalue weighted by atomic mass is 16.5. The molecule has 0 aliphatic carbocycles. The topological polar surface area (TPSA) is 21.6 Å². The number of rotatable bonds is 8. The zero-order valence-electron chi connectivity index (χ0n) is 12.0. The van der Waals surface area contributed by atoms with Gasteiger partial charge in [0.2, 0.25) is 0 Å². The van der Waals surface area contributed by atoms with Crippen LogP contribution in [0.15, 0.2) is 28.8 Å². The molecule has 2 nitrogen and oxygen atoms in total. The fourth-order valence-electron chi connectivity index (χ4n) is 1.49. The molecule has 0 N–H and O–H groups in total. The van der Waals surface area contributed by atoms with Crippen molar-refractivity contribution in [1.29, 1.82) is 0 Å². The Morgan fingerprint density at radius 1 is 1.24 bits per heavy atom. The summed E-state index contributed by atoms with van der Waals surface area (Å²) in [5.74, 6) is 0. The fraction of sp³-hybridized carbons (Fsp3) is 0.667. The normalized spacial score (nSPS) is 15.6. The van der Waals surface area contributed by atoms with Gasteiger partial charge in [0.1, 0.15) is 0 Å². The van der Waals surface area contributed by atoms with Crippen LogP contribution in [0.2, 0.25) is 0 Å². The summed E-state index contributed by atoms with van der Waals surface area (Å²) in [6.45, 7) is 12.1. The summed E-state index contributed by atoms with van der Waals surface area (Å²) in [6.07, 6.45) is 8.59. The molecule has 98 valence electrons. The van der Waals surface area contributed by atoms with E-state index in [1.807, 2.05) is 0 Å². The number of allylic oxidation sites excluding steroid dienone is 3. The molecule has 0 amide bonds. The maximum absolute atomic E-state index is 5.70. The maximum Gasteiger partial charge on any atom is 0.0962 e.